The minimum Gasteiger partial charge on any atom is -0.339 e. The van der Waals surface area contributed by atoms with Crippen LogP contribution in [0.5, 0.6) is 0 Å². The maximum Gasteiger partial charge on any atom is 0.228 e. The summed E-state index contributed by atoms with van der Waals surface area (Å²) < 4.78 is 5.47. The molecule has 1 aromatic carbocycles. The quantitative estimate of drug-likeness (QED) is 0.880. The summed E-state index contributed by atoms with van der Waals surface area (Å²) in [7, 11) is 0. The minimum atomic E-state index is 0.230. The highest BCUT2D eigenvalue weighted by Crippen LogP contribution is 2.32. The van der Waals surface area contributed by atoms with Crippen LogP contribution in [0.15, 0.2) is 34.9 Å². The van der Waals surface area contributed by atoms with E-state index in [2.05, 4.69) is 46.6 Å². The first-order chi connectivity index (χ1) is 10.4. The highest BCUT2D eigenvalue weighted by molar-refractivity contribution is 5.19. The van der Waals surface area contributed by atoms with E-state index in [0.717, 1.165) is 24.7 Å². The lowest BCUT2D eigenvalue weighted by molar-refractivity contribution is 0.353. The summed E-state index contributed by atoms with van der Waals surface area (Å²) in [6.45, 7) is 3.04. The summed E-state index contributed by atoms with van der Waals surface area (Å²) in [5.41, 5.74) is 1.26. The second kappa shape index (κ2) is 6.85. The Bertz CT molecular complexity index is 546. The molecule has 4 nitrogen and oxygen atoms in total. The van der Waals surface area contributed by atoms with Gasteiger partial charge in [0, 0.05) is 18.4 Å². The van der Waals surface area contributed by atoms with Gasteiger partial charge >= 0.3 is 0 Å². The average molecular weight is 285 g/mol. The first kappa shape index (κ1) is 14.3. The van der Waals surface area contributed by atoms with Gasteiger partial charge in [-0.1, -0.05) is 55.3 Å². The molecule has 1 saturated carbocycles. The molecule has 4 heteroatoms. The third kappa shape index (κ3) is 3.50. The lowest BCUT2D eigenvalue weighted by atomic mass is 10.0. The van der Waals surface area contributed by atoms with Crippen LogP contribution in [0.1, 0.15) is 61.8 Å². The molecule has 1 N–H and O–H groups in total. The molecule has 21 heavy (non-hydrogen) atoms. The average Bonchev–Trinajstić information content (AvgIpc) is 3.19. The summed E-state index contributed by atoms with van der Waals surface area (Å²) in [5, 5.41) is 7.69. The van der Waals surface area contributed by atoms with Crippen molar-refractivity contribution in [3.05, 3.63) is 47.6 Å². The molecular formula is C17H23N3O. The summed E-state index contributed by atoms with van der Waals surface area (Å²) >= 11 is 0. The topological polar surface area (TPSA) is 51.0 Å². The van der Waals surface area contributed by atoms with E-state index in [4.69, 9.17) is 4.52 Å². The molecular weight excluding hydrogens is 262 g/mol. The van der Waals surface area contributed by atoms with Crippen molar-refractivity contribution in [3.63, 3.8) is 0 Å². The number of rotatable bonds is 6. The van der Waals surface area contributed by atoms with Gasteiger partial charge in [-0.2, -0.15) is 4.98 Å². The maximum absolute atomic E-state index is 5.47. The van der Waals surface area contributed by atoms with E-state index in [0.29, 0.717) is 5.92 Å². The van der Waals surface area contributed by atoms with Crippen LogP contribution in [0.25, 0.3) is 0 Å². The second-order valence-electron chi connectivity index (χ2n) is 5.75. The van der Waals surface area contributed by atoms with Gasteiger partial charge < -0.3 is 9.84 Å². The predicted molar refractivity (Wildman–Crippen MR) is 82.1 cm³/mol. The van der Waals surface area contributed by atoms with Crippen LogP contribution < -0.4 is 5.32 Å². The zero-order valence-corrected chi connectivity index (χ0v) is 12.6. The van der Waals surface area contributed by atoms with Crippen molar-refractivity contribution in [2.45, 2.75) is 51.0 Å². The number of aromatic nitrogens is 2. The van der Waals surface area contributed by atoms with Gasteiger partial charge in [-0.15, -0.1) is 0 Å². The Morgan fingerprint density at radius 3 is 2.71 bits per heavy atom. The van der Waals surface area contributed by atoms with E-state index >= 15 is 0 Å². The molecule has 112 valence electrons. The number of hydrogen-bond donors (Lipinski definition) is 1. The first-order valence-electron chi connectivity index (χ1n) is 7.97. The fourth-order valence-corrected chi connectivity index (χ4v) is 3.12. The standard InChI is InChI=1S/C17H23N3O/c1-2-18-15(13-8-4-3-5-9-13)12-16-19-17(20-21-16)14-10-6-7-11-14/h3-5,8-9,14-15,18H,2,6-7,10-12H2,1H3. The Labute approximate surface area is 126 Å². The van der Waals surface area contributed by atoms with Crippen LogP contribution >= 0.6 is 0 Å². The van der Waals surface area contributed by atoms with Gasteiger partial charge in [0.2, 0.25) is 5.89 Å². The van der Waals surface area contributed by atoms with Crippen molar-refractivity contribution in [1.29, 1.82) is 0 Å². The van der Waals surface area contributed by atoms with Crippen LogP contribution in [0, 0.1) is 0 Å². The summed E-state index contributed by atoms with van der Waals surface area (Å²) in [5.74, 6) is 2.16. The molecule has 0 aliphatic heterocycles. The molecule has 0 radical (unpaired) electrons. The van der Waals surface area contributed by atoms with Crippen LogP contribution in [0.2, 0.25) is 0 Å². The zero-order chi connectivity index (χ0) is 14.5. The summed E-state index contributed by atoms with van der Waals surface area (Å²) in [4.78, 5) is 4.62. The van der Waals surface area contributed by atoms with E-state index in [-0.39, 0.29) is 6.04 Å². The van der Waals surface area contributed by atoms with Crippen molar-refractivity contribution in [2.75, 3.05) is 6.54 Å². The molecule has 1 heterocycles. The Hall–Kier alpha value is -1.68. The van der Waals surface area contributed by atoms with E-state index < -0.39 is 0 Å². The normalized spacial score (nSPS) is 17.2. The molecule has 1 aromatic heterocycles. The van der Waals surface area contributed by atoms with Crippen LogP contribution in [-0.4, -0.2) is 16.7 Å². The van der Waals surface area contributed by atoms with Gasteiger partial charge in [-0.3, -0.25) is 0 Å². The lowest BCUT2D eigenvalue weighted by Crippen LogP contribution is -2.23. The third-order valence-electron chi connectivity index (χ3n) is 4.24. The molecule has 1 unspecified atom stereocenters. The van der Waals surface area contributed by atoms with Crippen molar-refractivity contribution in [1.82, 2.24) is 15.5 Å². The third-order valence-corrected chi connectivity index (χ3v) is 4.24. The Morgan fingerprint density at radius 1 is 1.24 bits per heavy atom. The highest BCUT2D eigenvalue weighted by atomic mass is 16.5. The van der Waals surface area contributed by atoms with Crippen LogP contribution in [-0.2, 0) is 6.42 Å². The number of hydrogen-bond acceptors (Lipinski definition) is 4. The fraction of sp³-hybridized carbons (Fsp3) is 0.529. The Kier molecular flexibility index (Phi) is 4.65. The first-order valence-corrected chi connectivity index (χ1v) is 7.97. The van der Waals surface area contributed by atoms with Gasteiger partial charge in [0.15, 0.2) is 5.82 Å². The van der Waals surface area contributed by atoms with Gasteiger partial charge in [0.05, 0.1) is 0 Å². The van der Waals surface area contributed by atoms with Crippen molar-refractivity contribution >= 4 is 0 Å². The monoisotopic (exact) mass is 285 g/mol. The molecule has 1 aliphatic carbocycles. The summed E-state index contributed by atoms with van der Waals surface area (Å²) in [6, 6.07) is 10.7. The largest absolute Gasteiger partial charge is 0.339 e. The molecule has 1 fully saturated rings. The zero-order valence-electron chi connectivity index (χ0n) is 12.6. The highest BCUT2D eigenvalue weighted by Gasteiger charge is 2.23. The minimum absolute atomic E-state index is 0.230. The SMILES string of the molecule is CCNC(Cc1nc(C2CCCC2)no1)c1ccccc1. The second-order valence-corrected chi connectivity index (χ2v) is 5.75. The molecule has 3 rings (SSSR count). The molecule has 1 atom stereocenters. The molecule has 1 aliphatic rings. The van der Waals surface area contributed by atoms with Crippen molar-refractivity contribution in [2.24, 2.45) is 0 Å². The molecule has 0 spiro atoms. The molecule has 0 saturated heterocycles. The number of benzene rings is 1. The van der Waals surface area contributed by atoms with Crippen molar-refractivity contribution < 1.29 is 4.52 Å². The van der Waals surface area contributed by atoms with E-state index in [1.165, 1.54) is 31.2 Å². The Balaban J connectivity index is 1.71. The van der Waals surface area contributed by atoms with Crippen LogP contribution in [0.4, 0.5) is 0 Å². The van der Waals surface area contributed by atoms with Gasteiger partial charge in [0.25, 0.3) is 0 Å². The number of likely N-dealkylation sites (N-methyl/N-ethyl adjacent to an activating group) is 1. The van der Waals surface area contributed by atoms with Gasteiger partial charge in [-0.25, -0.2) is 0 Å². The fourth-order valence-electron chi connectivity index (χ4n) is 3.12. The molecule has 0 amide bonds. The van der Waals surface area contributed by atoms with Gasteiger partial charge in [-0.05, 0) is 24.9 Å². The summed E-state index contributed by atoms with van der Waals surface area (Å²) in [6.07, 6.45) is 5.73. The van der Waals surface area contributed by atoms with Gasteiger partial charge in [0.1, 0.15) is 0 Å². The lowest BCUT2D eigenvalue weighted by Gasteiger charge is -2.16. The molecule has 2 aromatic rings. The van der Waals surface area contributed by atoms with Crippen LogP contribution in [0.3, 0.4) is 0 Å². The predicted octanol–water partition coefficient (Wildman–Crippen LogP) is 3.62. The van der Waals surface area contributed by atoms with E-state index in [9.17, 15) is 0 Å². The smallest absolute Gasteiger partial charge is 0.228 e. The van der Waals surface area contributed by atoms with E-state index in [1.807, 2.05) is 6.07 Å². The maximum atomic E-state index is 5.47. The number of nitrogens with one attached hydrogen (secondary N) is 1. The van der Waals surface area contributed by atoms with Crippen molar-refractivity contribution in [3.8, 4) is 0 Å². The Morgan fingerprint density at radius 2 is 2.00 bits per heavy atom. The molecule has 0 bridgehead atoms. The van der Waals surface area contributed by atoms with E-state index in [1.54, 1.807) is 0 Å². The number of nitrogens with zero attached hydrogens (tertiary/aromatic N) is 2.